The van der Waals surface area contributed by atoms with E-state index >= 15 is 0 Å². The SMILES string of the molecule is COC(=O)C(N)CCOc1c(Cl)cccc1[N+](=O)[O-]. The minimum atomic E-state index is -0.841. The molecule has 1 aromatic rings. The summed E-state index contributed by atoms with van der Waals surface area (Å²) >= 11 is 5.83. The lowest BCUT2D eigenvalue weighted by Crippen LogP contribution is -2.33. The number of nitro benzene ring substituents is 1. The quantitative estimate of drug-likeness (QED) is 0.483. The maximum atomic E-state index is 11.1. The molecule has 1 atom stereocenters. The van der Waals surface area contributed by atoms with Crippen molar-refractivity contribution in [2.45, 2.75) is 12.5 Å². The van der Waals surface area contributed by atoms with Gasteiger partial charge in [-0.1, -0.05) is 17.7 Å². The van der Waals surface area contributed by atoms with E-state index in [1.54, 1.807) is 0 Å². The molecule has 0 aliphatic rings. The number of benzene rings is 1. The van der Waals surface area contributed by atoms with Gasteiger partial charge >= 0.3 is 11.7 Å². The number of para-hydroxylation sites is 1. The first-order valence-corrected chi connectivity index (χ1v) is 5.74. The van der Waals surface area contributed by atoms with E-state index in [1.807, 2.05) is 0 Å². The number of nitrogens with two attached hydrogens (primary N) is 1. The van der Waals surface area contributed by atoms with Crippen molar-refractivity contribution in [2.24, 2.45) is 5.73 Å². The van der Waals surface area contributed by atoms with Gasteiger partial charge in [-0.15, -0.1) is 0 Å². The zero-order chi connectivity index (χ0) is 14.4. The Labute approximate surface area is 114 Å². The number of carbonyl (C=O) groups excluding carboxylic acids is 1. The molecule has 0 heterocycles. The van der Waals surface area contributed by atoms with Gasteiger partial charge in [-0.3, -0.25) is 14.9 Å². The zero-order valence-corrected chi connectivity index (χ0v) is 10.9. The van der Waals surface area contributed by atoms with Crippen LogP contribution in [0.1, 0.15) is 6.42 Å². The minimum absolute atomic E-state index is 0.0147. The molecular formula is C11H13ClN2O5. The second kappa shape index (κ2) is 6.91. The van der Waals surface area contributed by atoms with Crippen molar-refractivity contribution in [1.29, 1.82) is 0 Å². The van der Waals surface area contributed by atoms with E-state index in [0.29, 0.717) is 0 Å². The number of hydrogen-bond acceptors (Lipinski definition) is 6. The molecule has 0 amide bonds. The molecule has 104 valence electrons. The molecule has 7 nitrogen and oxygen atoms in total. The third-order valence-corrected chi connectivity index (χ3v) is 2.62. The van der Waals surface area contributed by atoms with Crippen LogP contribution in [0, 0.1) is 10.1 Å². The van der Waals surface area contributed by atoms with Crippen LogP contribution in [0.5, 0.6) is 5.75 Å². The summed E-state index contributed by atoms with van der Waals surface area (Å²) < 4.78 is 9.68. The topological polar surface area (TPSA) is 105 Å². The molecular weight excluding hydrogens is 276 g/mol. The Bertz CT molecular complexity index is 480. The summed E-state index contributed by atoms with van der Waals surface area (Å²) in [5.74, 6) is -0.608. The van der Waals surface area contributed by atoms with Crippen LogP contribution in [0.4, 0.5) is 5.69 Å². The van der Waals surface area contributed by atoms with E-state index in [0.717, 1.165) is 0 Å². The predicted molar refractivity (Wildman–Crippen MR) is 68.2 cm³/mol. The van der Waals surface area contributed by atoms with E-state index in [1.165, 1.54) is 25.3 Å². The van der Waals surface area contributed by atoms with Crippen molar-refractivity contribution in [3.05, 3.63) is 33.3 Å². The summed E-state index contributed by atoms with van der Waals surface area (Å²) in [7, 11) is 1.22. The molecule has 0 aliphatic carbocycles. The molecule has 1 rings (SSSR count). The van der Waals surface area contributed by atoms with Gasteiger partial charge in [0.1, 0.15) is 6.04 Å². The lowest BCUT2D eigenvalue weighted by Gasteiger charge is -2.11. The van der Waals surface area contributed by atoms with Crippen molar-refractivity contribution in [2.75, 3.05) is 13.7 Å². The Morgan fingerprint density at radius 2 is 2.26 bits per heavy atom. The average Bonchev–Trinajstić information content (AvgIpc) is 2.39. The van der Waals surface area contributed by atoms with Crippen molar-refractivity contribution in [1.82, 2.24) is 0 Å². The van der Waals surface area contributed by atoms with Gasteiger partial charge in [-0.2, -0.15) is 0 Å². The van der Waals surface area contributed by atoms with Crippen LogP contribution in [-0.2, 0) is 9.53 Å². The van der Waals surface area contributed by atoms with Gasteiger partial charge in [0.15, 0.2) is 0 Å². The largest absolute Gasteiger partial charge is 0.486 e. The van der Waals surface area contributed by atoms with Gasteiger partial charge < -0.3 is 15.2 Å². The third-order valence-electron chi connectivity index (χ3n) is 2.32. The Morgan fingerprint density at radius 1 is 1.58 bits per heavy atom. The molecule has 0 fully saturated rings. The monoisotopic (exact) mass is 288 g/mol. The standard InChI is InChI=1S/C11H13ClN2O5/c1-18-11(15)8(13)5-6-19-10-7(12)3-2-4-9(10)14(16)17/h2-4,8H,5-6,13H2,1H3. The highest BCUT2D eigenvalue weighted by Gasteiger charge is 2.19. The van der Waals surface area contributed by atoms with E-state index in [9.17, 15) is 14.9 Å². The molecule has 2 N–H and O–H groups in total. The number of ether oxygens (including phenoxy) is 2. The maximum absolute atomic E-state index is 11.1. The second-order valence-corrected chi connectivity index (χ2v) is 4.02. The van der Waals surface area contributed by atoms with Crippen LogP contribution in [0.2, 0.25) is 5.02 Å². The smallest absolute Gasteiger partial charge is 0.322 e. The van der Waals surface area contributed by atoms with Gasteiger partial charge in [-0.25, -0.2) is 0 Å². The van der Waals surface area contributed by atoms with E-state index in [-0.39, 0.29) is 29.5 Å². The summed E-state index contributed by atoms with van der Waals surface area (Å²) in [6.07, 6.45) is 0.162. The molecule has 0 saturated heterocycles. The molecule has 0 aliphatic heterocycles. The summed E-state index contributed by atoms with van der Waals surface area (Å²) in [5.41, 5.74) is 5.27. The number of carbonyl (C=O) groups is 1. The highest BCUT2D eigenvalue weighted by atomic mass is 35.5. The lowest BCUT2D eigenvalue weighted by atomic mass is 10.2. The number of esters is 1. The van der Waals surface area contributed by atoms with Gasteiger partial charge in [0, 0.05) is 12.5 Å². The fourth-order valence-corrected chi connectivity index (χ4v) is 1.57. The van der Waals surface area contributed by atoms with Crippen LogP contribution in [-0.4, -0.2) is 30.7 Å². The van der Waals surface area contributed by atoms with Gasteiger partial charge in [0.25, 0.3) is 0 Å². The van der Waals surface area contributed by atoms with Gasteiger partial charge in [0.2, 0.25) is 5.75 Å². The first-order chi connectivity index (χ1) is 8.97. The zero-order valence-electron chi connectivity index (χ0n) is 10.2. The molecule has 19 heavy (non-hydrogen) atoms. The van der Waals surface area contributed by atoms with Crippen LogP contribution in [0.25, 0.3) is 0 Å². The van der Waals surface area contributed by atoms with Crippen LogP contribution >= 0.6 is 11.6 Å². The third kappa shape index (κ3) is 4.08. The van der Waals surface area contributed by atoms with Gasteiger partial charge in [0.05, 0.1) is 23.7 Å². The molecule has 8 heteroatoms. The highest BCUT2D eigenvalue weighted by Crippen LogP contribution is 2.34. The Hall–Kier alpha value is -1.86. The van der Waals surface area contributed by atoms with Crippen molar-refractivity contribution < 1.29 is 19.2 Å². The predicted octanol–water partition coefficient (Wildman–Crippen LogP) is 1.52. The number of nitro groups is 1. The Kier molecular flexibility index (Phi) is 5.53. The number of nitrogens with zero attached hydrogens (tertiary/aromatic N) is 1. The minimum Gasteiger partial charge on any atom is -0.486 e. The number of hydrogen-bond donors (Lipinski definition) is 1. The fourth-order valence-electron chi connectivity index (χ4n) is 1.34. The number of halogens is 1. The van der Waals surface area contributed by atoms with Crippen molar-refractivity contribution in [3.63, 3.8) is 0 Å². The molecule has 0 saturated carbocycles. The molecule has 0 bridgehead atoms. The fraction of sp³-hybridized carbons (Fsp3) is 0.364. The molecule has 1 aromatic carbocycles. The molecule has 1 unspecified atom stereocenters. The first-order valence-electron chi connectivity index (χ1n) is 5.36. The van der Waals surface area contributed by atoms with E-state index in [4.69, 9.17) is 22.1 Å². The summed E-state index contributed by atoms with van der Waals surface area (Å²) in [6, 6.07) is 3.37. The van der Waals surface area contributed by atoms with Crippen LogP contribution < -0.4 is 10.5 Å². The maximum Gasteiger partial charge on any atom is 0.322 e. The first kappa shape index (κ1) is 15.2. The number of methoxy groups -OCH3 is 1. The summed E-state index contributed by atoms with van der Waals surface area (Å²) in [6.45, 7) is 0.0147. The molecule has 0 aromatic heterocycles. The van der Waals surface area contributed by atoms with Gasteiger partial charge in [-0.05, 0) is 6.07 Å². The van der Waals surface area contributed by atoms with E-state index < -0.39 is 16.9 Å². The molecule has 0 spiro atoms. The highest BCUT2D eigenvalue weighted by molar-refractivity contribution is 6.32. The second-order valence-electron chi connectivity index (χ2n) is 3.61. The van der Waals surface area contributed by atoms with Crippen molar-refractivity contribution >= 4 is 23.3 Å². The van der Waals surface area contributed by atoms with E-state index in [2.05, 4.69) is 4.74 Å². The summed E-state index contributed by atoms with van der Waals surface area (Å²) in [5, 5.41) is 10.9. The van der Waals surface area contributed by atoms with Crippen LogP contribution in [0.15, 0.2) is 18.2 Å². The Morgan fingerprint density at radius 3 is 2.84 bits per heavy atom. The summed E-state index contributed by atoms with van der Waals surface area (Å²) in [4.78, 5) is 21.3. The Balaban J connectivity index is 2.68. The van der Waals surface area contributed by atoms with Crippen LogP contribution in [0.3, 0.4) is 0 Å². The average molecular weight is 289 g/mol. The lowest BCUT2D eigenvalue weighted by molar-refractivity contribution is -0.385. The van der Waals surface area contributed by atoms with Crippen molar-refractivity contribution in [3.8, 4) is 5.75 Å². The normalized spacial score (nSPS) is 11.7. The number of rotatable bonds is 6. The molecule has 0 radical (unpaired) electrons.